The average molecular weight is 944 g/mol. The highest BCUT2D eigenvalue weighted by Crippen LogP contribution is 2.17. The number of likely N-dealkylation sites (N-methyl/N-ethyl adjacent to an activating group) is 1. The molecule has 0 fully saturated rings. The molecule has 0 aromatic heterocycles. The largest absolute Gasteiger partial charge is 0.477 e. The predicted octanol–water partition coefficient (Wildman–Crippen LogP) is 16.7. The van der Waals surface area contributed by atoms with Gasteiger partial charge in [-0.2, -0.15) is 0 Å². The molecule has 0 saturated carbocycles. The number of rotatable bonds is 51. The van der Waals surface area contributed by atoms with Crippen molar-refractivity contribution in [3.63, 3.8) is 0 Å². The molecule has 0 aliphatic carbocycles. The van der Waals surface area contributed by atoms with Crippen molar-refractivity contribution in [3.8, 4) is 0 Å². The zero-order valence-corrected chi connectivity index (χ0v) is 44.6. The molecule has 0 spiro atoms. The summed E-state index contributed by atoms with van der Waals surface area (Å²) in [7, 11) is 5.55. The lowest BCUT2D eigenvalue weighted by atomic mass is 10.0. The van der Waals surface area contributed by atoms with Crippen LogP contribution < -0.4 is 0 Å². The number of hydrogen-bond donors (Lipinski definition) is 1. The van der Waals surface area contributed by atoms with Crippen LogP contribution in [0.4, 0.5) is 0 Å². The molecule has 0 saturated heterocycles. The van der Waals surface area contributed by atoms with Gasteiger partial charge >= 0.3 is 17.9 Å². The van der Waals surface area contributed by atoms with Crippen LogP contribution in [0.1, 0.15) is 258 Å². The second-order valence-corrected chi connectivity index (χ2v) is 20.2. The molecule has 8 heteroatoms. The molecule has 0 aliphatic rings. The smallest absolute Gasteiger partial charge is 0.362 e. The Balaban J connectivity index is 4.17. The Morgan fingerprint density at radius 1 is 0.463 bits per heavy atom. The summed E-state index contributed by atoms with van der Waals surface area (Å²) in [6, 6.07) is -0.616. The van der Waals surface area contributed by atoms with Crippen LogP contribution in [-0.2, 0) is 28.6 Å². The molecule has 390 valence electrons. The van der Waals surface area contributed by atoms with E-state index in [2.05, 4.69) is 62.5 Å². The molecule has 0 heterocycles. The van der Waals surface area contributed by atoms with Crippen molar-refractivity contribution in [2.45, 2.75) is 270 Å². The fourth-order valence-corrected chi connectivity index (χ4v) is 8.44. The van der Waals surface area contributed by atoms with Crippen molar-refractivity contribution in [1.29, 1.82) is 0 Å². The zero-order chi connectivity index (χ0) is 49.2. The van der Waals surface area contributed by atoms with Crippen molar-refractivity contribution in [3.05, 3.63) is 48.6 Å². The number of carbonyl (C=O) groups excluding carboxylic acids is 2. The van der Waals surface area contributed by atoms with Gasteiger partial charge in [-0.3, -0.25) is 9.59 Å². The summed E-state index contributed by atoms with van der Waals surface area (Å²) in [4.78, 5) is 37.3. The Kier molecular flexibility index (Phi) is 47.7. The summed E-state index contributed by atoms with van der Waals surface area (Å²) in [5.74, 6) is -1.46. The first-order valence-electron chi connectivity index (χ1n) is 28.2. The lowest BCUT2D eigenvalue weighted by Gasteiger charge is -2.31. The molecule has 0 aliphatic heterocycles. The van der Waals surface area contributed by atoms with Gasteiger partial charge in [-0.1, -0.05) is 236 Å². The Labute approximate surface area is 414 Å². The van der Waals surface area contributed by atoms with Gasteiger partial charge in [0.25, 0.3) is 0 Å². The average Bonchev–Trinajstić information content (AvgIpc) is 3.29. The standard InChI is InChI=1S/C59H107NO7/c1-6-8-10-12-14-16-18-20-22-24-26-28-29-30-32-34-36-38-40-42-44-46-48-50-58(62)67-55(53-65-52-51-56(59(63)64)60(3,4)5)54-66-57(61)49-47-45-43-41-39-37-35-33-31-27-25-23-21-19-17-15-13-11-9-7-2/h8,10,14,16,20,22,26,28,55-56H,6-7,9,11-13,15,17-19,21,23-25,27,29-54H2,1-5H3/p+1/b10-8+,16-14+,22-20+,28-26+. The van der Waals surface area contributed by atoms with E-state index in [0.717, 1.165) is 64.2 Å². The van der Waals surface area contributed by atoms with Crippen LogP contribution in [0.3, 0.4) is 0 Å². The van der Waals surface area contributed by atoms with Crippen LogP contribution in [-0.4, -0.2) is 80.6 Å². The summed E-state index contributed by atoms with van der Waals surface area (Å²) >= 11 is 0. The molecule has 0 bridgehead atoms. The van der Waals surface area contributed by atoms with Crippen LogP contribution in [0.15, 0.2) is 48.6 Å². The van der Waals surface area contributed by atoms with Gasteiger partial charge < -0.3 is 23.8 Å². The first kappa shape index (κ1) is 64.3. The van der Waals surface area contributed by atoms with Gasteiger partial charge in [-0.25, -0.2) is 4.79 Å². The fourth-order valence-electron chi connectivity index (χ4n) is 8.44. The fraction of sp³-hybridized carbons (Fsp3) is 0.814. The van der Waals surface area contributed by atoms with Gasteiger partial charge in [-0.05, 0) is 51.4 Å². The molecule has 0 aromatic rings. The normalized spacial score (nSPS) is 13.1. The van der Waals surface area contributed by atoms with Crippen molar-refractivity contribution in [1.82, 2.24) is 0 Å². The topological polar surface area (TPSA) is 99.1 Å². The van der Waals surface area contributed by atoms with E-state index in [0.29, 0.717) is 19.3 Å². The highest BCUT2D eigenvalue weighted by atomic mass is 16.6. The lowest BCUT2D eigenvalue weighted by Crippen LogP contribution is -2.50. The lowest BCUT2D eigenvalue weighted by molar-refractivity contribution is -0.887. The van der Waals surface area contributed by atoms with Gasteiger partial charge in [0, 0.05) is 19.3 Å². The number of hydrogen-bond acceptors (Lipinski definition) is 6. The minimum Gasteiger partial charge on any atom is -0.477 e. The first-order chi connectivity index (χ1) is 32.6. The van der Waals surface area contributed by atoms with Gasteiger partial charge in [0.1, 0.15) is 6.61 Å². The van der Waals surface area contributed by atoms with Crippen molar-refractivity contribution in [2.75, 3.05) is 41.0 Å². The van der Waals surface area contributed by atoms with E-state index in [9.17, 15) is 19.5 Å². The molecule has 2 unspecified atom stereocenters. The number of unbranched alkanes of at least 4 members (excludes halogenated alkanes) is 29. The van der Waals surface area contributed by atoms with Gasteiger partial charge in [-0.15, -0.1) is 0 Å². The number of carbonyl (C=O) groups is 3. The predicted molar refractivity (Wildman–Crippen MR) is 284 cm³/mol. The molecule has 2 atom stereocenters. The number of carboxylic acid groups (broad SMARTS) is 1. The van der Waals surface area contributed by atoms with Crippen LogP contribution in [0.5, 0.6) is 0 Å². The Hall–Kier alpha value is -2.71. The highest BCUT2D eigenvalue weighted by molar-refractivity contribution is 5.72. The van der Waals surface area contributed by atoms with Gasteiger partial charge in [0.15, 0.2) is 12.1 Å². The van der Waals surface area contributed by atoms with E-state index in [1.165, 1.54) is 161 Å². The summed E-state index contributed by atoms with van der Waals surface area (Å²) < 4.78 is 17.4. The van der Waals surface area contributed by atoms with E-state index in [1.807, 2.05) is 21.1 Å². The maximum Gasteiger partial charge on any atom is 0.362 e. The van der Waals surface area contributed by atoms with E-state index in [1.54, 1.807) is 0 Å². The van der Waals surface area contributed by atoms with Crippen molar-refractivity contribution >= 4 is 17.9 Å². The number of nitrogens with zero attached hydrogens (tertiary/aromatic N) is 1. The van der Waals surface area contributed by atoms with Crippen LogP contribution in [0.2, 0.25) is 0 Å². The quantitative estimate of drug-likeness (QED) is 0.0281. The van der Waals surface area contributed by atoms with Gasteiger partial charge in [0.05, 0.1) is 34.4 Å². The van der Waals surface area contributed by atoms with Crippen LogP contribution in [0.25, 0.3) is 0 Å². The SMILES string of the molecule is CC/C=C/C/C=C/C/C=C/C/C=C/CCCCCCCCCCCCC(=O)OC(COCCC(C(=O)O)[N+](C)(C)C)COC(=O)CCCCCCCCCCCCCCCCCCCCCC. The molecule has 8 nitrogen and oxygen atoms in total. The monoisotopic (exact) mass is 943 g/mol. The Bertz CT molecular complexity index is 1230. The molecule has 0 radical (unpaired) electrons. The minimum absolute atomic E-state index is 0.0497. The summed E-state index contributed by atoms with van der Waals surface area (Å²) in [6.07, 6.45) is 61.7. The molecular formula is C59H108NO7+. The van der Waals surface area contributed by atoms with Crippen LogP contribution >= 0.6 is 0 Å². The van der Waals surface area contributed by atoms with Crippen LogP contribution in [0, 0.1) is 0 Å². The number of quaternary nitrogens is 1. The third kappa shape index (κ3) is 48.1. The number of ether oxygens (including phenoxy) is 3. The Morgan fingerprint density at radius 2 is 0.836 bits per heavy atom. The molecular weight excluding hydrogens is 835 g/mol. The van der Waals surface area contributed by atoms with Gasteiger partial charge in [0.2, 0.25) is 0 Å². The number of aliphatic carboxylic acids is 1. The number of carboxylic acids is 1. The zero-order valence-electron chi connectivity index (χ0n) is 44.6. The summed E-state index contributed by atoms with van der Waals surface area (Å²) in [6.45, 7) is 4.66. The first-order valence-corrected chi connectivity index (χ1v) is 28.2. The summed E-state index contributed by atoms with van der Waals surface area (Å²) in [5.41, 5.74) is 0. The van der Waals surface area contributed by atoms with Crippen molar-refractivity contribution in [2.24, 2.45) is 0 Å². The Morgan fingerprint density at radius 3 is 1.24 bits per heavy atom. The molecule has 67 heavy (non-hydrogen) atoms. The maximum atomic E-state index is 12.8. The van der Waals surface area contributed by atoms with E-state index in [4.69, 9.17) is 14.2 Å². The third-order valence-corrected chi connectivity index (χ3v) is 12.7. The molecule has 0 amide bonds. The van der Waals surface area contributed by atoms with E-state index in [-0.39, 0.29) is 36.2 Å². The second-order valence-electron chi connectivity index (χ2n) is 20.2. The second kappa shape index (κ2) is 49.7. The third-order valence-electron chi connectivity index (χ3n) is 12.7. The molecule has 0 aromatic carbocycles. The molecule has 1 N–H and O–H groups in total. The van der Waals surface area contributed by atoms with E-state index < -0.39 is 18.1 Å². The number of esters is 2. The summed E-state index contributed by atoms with van der Waals surface area (Å²) in [5, 5.41) is 9.67. The maximum absolute atomic E-state index is 12.8. The number of allylic oxidation sites excluding steroid dienone is 8. The highest BCUT2D eigenvalue weighted by Gasteiger charge is 2.31. The minimum atomic E-state index is -0.873. The van der Waals surface area contributed by atoms with E-state index >= 15 is 0 Å². The molecule has 0 rings (SSSR count). The van der Waals surface area contributed by atoms with Crippen molar-refractivity contribution < 1.29 is 38.2 Å².